The normalized spacial score (nSPS) is 15.2. The van der Waals surface area contributed by atoms with Gasteiger partial charge in [0, 0.05) is 25.1 Å². The molecule has 6 nitrogen and oxygen atoms in total. The molecule has 4 rings (SSSR count). The first-order chi connectivity index (χ1) is 10.7. The molecule has 1 fully saturated rings. The molecule has 7 heteroatoms. The number of aryl methyl sites for hydroxylation is 1. The van der Waals surface area contributed by atoms with Gasteiger partial charge < -0.3 is 4.90 Å². The summed E-state index contributed by atoms with van der Waals surface area (Å²) < 4.78 is 1.57. The number of rotatable bonds is 3. The molecular weight excluding hydrogens is 298 g/mol. The minimum Gasteiger partial charge on any atom is -0.355 e. The summed E-state index contributed by atoms with van der Waals surface area (Å²) in [6.45, 7) is 4.35. The van der Waals surface area contributed by atoms with E-state index in [1.54, 1.807) is 34.5 Å². The Labute approximate surface area is 131 Å². The fraction of sp³-hybridized carbons (Fsp3) is 0.333. The summed E-state index contributed by atoms with van der Waals surface area (Å²) in [6.07, 6.45) is 1.62. The SMILES string of the molecule is Cc1ccc(=O)n(CC2CN(c3ncnc4sccc34)C2)n1. The zero-order chi connectivity index (χ0) is 15.1. The van der Waals surface area contributed by atoms with Crippen LogP contribution in [0.5, 0.6) is 0 Å². The molecule has 3 aromatic heterocycles. The Kier molecular flexibility index (Phi) is 3.15. The molecule has 0 unspecified atom stereocenters. The lowest BCUT2D eigenvalue weighted by molar-refractivity contribution is 0.332. The molecule has 0 aliphatic carbocycles. The summed E-state index contributed by atoms with van der Waals surface area (Å²) in [6, 6.07) is 5.40. The third kappa shape index (κ3) is 2.27. The molecule has 0 aromatic carbocycles. The van der Waals surface area contributed by atoms with Crippen LogP contribution in [-0.2, 0) is 6.54 Å². The number of thiophene rings is 1. The molecule has 0 atom stereocenters. The number of hydrogen-bond acceptors (Lipinski definition) is 6. The van der Waals surface area contributed by atoms with Crippen LogP contribution in [0.15, 0.2) is 34.7 Å². The van der Waals surface area contributed by atoms with Crippen LogP contribution in [0.4, 0.5) is 5.82 Å². The van der Waals surface area contributed by atoms with Crippen LogP contribution in [0.1, 0.15) is 5.69 Å². The van der Waals surface area contributed by atoms with Crippen LogP contribution in [0.3, 0.4) is 0 Å². The van der Waals surface area contributed by atoms with E-state index in [9.17, 15) is 4.79 Å². The van der Waals surface area contributed by atoms with Gasteiger partial charge in [-0.05, 0) is 24.4 Å². The van der Waals surface area contributed by atoms with Crippen LogP contribution in [0.25, 0.3) is 10.2 Å². The highest BCUT2D eigenvalue weighted by Gasteiger charge is 2.29. The van der Waals surface area contributed by atoms with Crippen molar-refractivity contribution in [1.82, 2.24) is 19.7 Å². The highest BCUT2D eigenvalue weighted by molar-refractivity contribution is 7.16. The maximum absolute atomic E-state index is 11.8. The lowest BCUT2D eigenvalue weighted by atomic mass is 10.00. The average Bonchev–Trinajstić information content (AvgIpc) is 2.94. The molecule has 1 aliphatic rings. The quantitative estimate of drug-likeness (QED) is 0.736. The summed E-state index contributed by atoms with van der Waals surface area (Å²) in [7, 11) is 0. The van der Waals surface area contributed by atoms with Crippen molar-refractivity contribution in [3.05, 3.63) is 46.0 Å². The van der Waals surface area contributed by atoms with Gasteiger partial charge in [-0.3, -0.25) is 4.79 Å². The Balaban J connectivity index is 1.49. The molecule has 1 aliphatic heterocycles. The molecular formula is C15H15N5OS. The van der Waals surface area contributed by atoms with Crippen molar-refractivity contribution < 1.29 is 0 Å². The largest absolute Gasteiger partial charge is 0.355 e. The standard InChI is InChI=1S/C15H15N5OS/c1-10-2-3-13(21)20(18-10)8-11-6-19(7-11)14-12-4-5-22-15(12)17-9-16-14/h2-5,9,11H,6-8H2,1H3. The summed E-state index contributed by atoms with van der Waals surface area (Å²) in [5.74, 6) is 1.42. The summed E-state index contributed by atoms with van der Waals surface area (Å²) in [4.78, 5) is 23.8. The van der Waals surface area contributed by atoms with Crippen molar-refractivity contribution in [2.24, 2.45) is 5.92 Å². The minimum absolute atomic E-state index is 0.0358. The lowest BCUT2D eigenvalue weighted by Crippen LogP contribution is -2.50. The Morgan fingerprint density at radius 1 is 1.27 bits per heavy atom. The van der Waals surface area contributed by atoms with Crippen molar-refractivity contribution in [2.45, 2.75) is 13.5 Å². The van der Waals surface area contributed by atoms with E-state index in [0.717, 1.165) is 34.8 Å². The van der Waals surface area contributed by atoms with Crippen LogP contribution in [-0.4, -0.2) is 32.8 Å². The third-order valence-electron chi connectivity index (χ3n) is 3.93. The number of hydrogen-bond donors (Lipinski definition) is 0. The molecule has 0 spiro atoms. The summed E-state index contributed by atoms with van der Waals surface area (Å²) in [5.41, 5.74) is 0.831. The fourth-order valence-electron chi connectivity index (χ4n) is 2.81. The van der Waals surface area contributed by atoms with Gasteiger partial charge in [0.25, 0.3) is 5.56 Å². The molecule has 112 valence electrons. The van der Waals surface area contributed by atoms with Crippen molar-refractivity contribution in [3.63, 3.8) is 0 Å². The van der Waals surface area contributed by atoms with Crippen molar-refractivity contribution in [1.29, 1.82) is 0 Å². The first-order valence-electron chi connectivity index (χ1n) is 7.18. The molecule has 0 saturated carbocycles. The lowest BCUT2D eigenvalue weighted by Gasteiger charge is -2.40. The fourth-order valence-corrected chi connectivity index (χ4v) is 3.54. The topological polar surface area (TPSA) is 63.9 Å². The zero-order valence-corrected chi connectivity index (χ0v) is 13.0. The molecule has 0 N–H and O–H groups in total. The highest BCUT2D eigenvalue weighted by atomic mass is 32.1. The van der Waals surface area contributed by atoms with Crippen LogP contribution in [0, 0.1) is 12.8 Å². The third-order valence-corrected chi connectivity index (χ3v) is 4.75. The smallest absolute Gasteiger partial charge is 0.266 e. The number of aromatic nitrogens is 4. The van der Waals surface area contributed by atoms with Crippen molar-refractivity contribution in [2.75, 3.05) is 18.0 Å². The van der Waals surface area contributed by atoms with Crippen molar-refractivity contribution in [3.8, 4) is 0 Å². The van der Waals surface area contributed by atoms with Gasteiger partial charge in [-0.25, -0.2) is 14.6 Å². The van der Waals surface area contributed by atoms with E-state index in [0.29, 0.717) is 12.5 Å². The highest BCUT2D eigenvalue weighted by Crippen LogP contribution is 2.31. The van der Waals surface area contributed by atoms with Gasteiger partial charge in [0.15, 0.2) is 0 Å². The predicted octanol–water partition coefficient (Wildman–Crippen LogP) is 1.69. The van der Waals surface area contributed by atoms with Crippen LogP contribution >= 0.6 is 11.3 Å². The second kappa shape index (κ2) is 5.17. The van der Waals surface area contributed by atoms with E-state index in [4.69, 9.17) is 0 Å². The second-order valence-corrected chi connectivity index (χ2v) is 6.50. The first-order valence-corrected chi connectivity index (χ1v) is 8.06. The molecule has 1 saturated heterocycles. The van der Waals surface area contributed by atoms with E-state index in [1.165, 1.54) is 0 Å². The predicted molar refractivity (Wildman–Crippen MR) is 86.4 cm³/mol. The van der Waals surface area contributed by atoms with Crippen LogP contribution in [0.2, 0.25) is 0 Å². The van der Waals surface area contributed by atoms with Crippen molar-refractivity contribution >= 4 is 27.4 Å². The van der Waals surface area contributed by atoms with E-state index in [2.05, 4.69) is 26.0 Å². The Bertz CT molecular complexity index is 881. The molecule has 0 radical (unpaired) electrons. The molecule has 4 heterocycles. The number of anilines is 1. The maximum Gasteiger partial charge on any atom is 0.266 e. The average molecular weight is 313 g/mol. The maximum atomic E-state index is 11.8. The minimum atomic E-state index is -0.0358. The van der Waals surface area contributed by atoms with E-state index < -0.39 is 0 Å². The monoisotopic (exact) mass is 313 g/mol. The van der Waals surface area contributed by atoms with Gasteiger partial charge in [-0.15, -0.1) is 11.3 Å². The van der Waals surface area contributed by atoms with E-state index >= 15 is 0 Å². The van der Waals surface area contributed by atoms with Crippen LogP contribution < -0.4 is 10.5 Å². The van der Waals surface area contributed by atoms with Gasteiger partial charge in [0.2, 0.25) is 0 Å². The van der Waals surface area contributed by atoms with Gasteiger partial charge in [0.1, 0.15) is 17.0 Å². The Morgan fingerprint density at radius 3 is 3.00 bits per heavy atom. The molecule has 0 bridgehead atoms. The van der Waals surface area contributed by atoms with Gasteiger partial charge in [-0.2, -0.15) is 5.10 Å². The number of fused-ring (bicyclic) bond motifs is 1. The molecule has 22 heavy (non-hydrogen) atoms. The van der Waals surface area contributed by atoms with E-state index in [-0.39, 0.29) is 5.56 Å². The summed E-state index contributed by atoms with van der Waals surface area (Å²) >= 11 is 1.63. The summed E-state index contributed by atoms with van der Waals surface area (Å²) in [5, 5.41) is 7.44. The molecule has 0 amide bonds. The van der Waals surface area contributed by atoms with Gasteiger partial charge in [0.05, 0.1) is 17.6 Å². The molecule has 3 aromatic rings. The Hall–Kier alpha value is -2.28. The Morgan fingerprint density at radius 2 is 2.14 bits per heavy atom. The van der Waals surface area contributed by atoms with Gasteiger partial charge >= 0.3 is 0 Å². The van der Waals surface area contributed by atoms with E-state index in [1.807, 2.05) is 12.3 Å². The second-order valence-electron chi connectivity index (χ2n) is 5.60. The first kappa shape index (κ1) is 13.4. The number of nitrogens with zero attached hydrogens (tertiary/aromatic N) is 5. The van der Waals surface area contributed by atoms with Gasteiger partial charge in [-0.1, -0.05) is 0 Å². The zero-order valence-electron chi connectivity index (χ0n) is 12.1.